The molecule has 0 saturated carbocycles. The van der Waals surface area contributed by atoms with Crippen molar-refractivity contribution in [1.82, 2.24) is 10.6 Å². The number of benzene rings is 1. The van der Waals surface area contributed by atoms with Crippen molar-refractivity contribution in [3.8, 4) is 5.75 Å². The van der Waals surface area contributed by atoms with Gasteiger partial charge in [0.05, 0.1) is 12.7 Å². The average molecular weight is 321 g/mol. The van der Waals surface area contributed by atoms with Gasteiger partial charge in [0, 0.05) is 18.8 Å². The lowest BCUT2D eigenvalue weighted by Gasteiger charge is -2.29. The number of hydrogen-bond donors (Lipinski definition) is 3. The normalized spacial score (nSPS) is 20.6. The van der Waals surface area contributed by atoms with Crippen molar-refractivity contribution in [2.75, 3.05) is 31.6 Å². The maximum atomic E-state index is 12.2. The van der Waals surface area contributed by atoms with Crippen LogP contribution in [0.4, 0.5) is 5.69 Å². The number of carbonyl (C=O) groups excluding carboxylic acids is 2. The molecule has 1 saturated heterocycles. The molecular weight excluding hydrogens is 298 g/mol. The van der Waals surface area contributed by atoms with Crippen molar-refractivity contribution < 1.29 is 19.1 Å². The predicted molar refractivity (Wildman–Crippen MR) is 86.5 cm³/mol. The van der Waals surface area contributed by atoms with Crippen molar-refractivity contribution in [2.45, 2.75) is 26.0 Å². The Balaban J connectivity index is 1.84. The third-order valence-corrected chi connectivity index (χ3v) is 3.46. The topological polar surface area (TPSA) is 88.7 Å². The van der Waals surface area contributed by atoms with E-state index in [2.05, 4.69) is 16.0 Å². The molecule has 1 aromatic rings. The molecule has 2 amide bonds. The van der Waals surface area contributed by atoms with Crippen LogP contribution in [-0.2, 0) is 14.3 Å². The minimum atomic E-state index is -0.364. The standard InChI is InChI=1S/C16H23N3O4/c1-3-17-14(20)10-23-13-6-4-12(5-7-13)19-16(21)15-11(2)22-9-8-18-15/h4-7,11,15,18H,3,8-10H2,1-2H3,(H,17,20)(H,19,21)/t11-,15+/m1/s1. The van der Waals surface area contributed by atoms with Crippen LogP contribution in [0.5, 0.6) is 5.75 Å². The van der Waals surface area contributed by atoms with Crippen molar-refractivity contribution in [2.24, 2.45) is 0 Å². The summed E-state index contributed by atoms with van der Waals surface area (Å²) >= 11 is 0. The SMILES string of the molecule is CCNC(=O)COc1ccc(NC(=O)[C@H]2NCCO[C@@H]2C)cc1. The lowest BCUT2D eigenvalue weighted by molar-refractivity contribution is -0.124. The van der Waals surface area contributed by atoms with Gasteiger partial charge in [0.2, 0.25) is 5.91 Å². The molecule has 0 spiro atoms. The molecule has 7 heteroatoms. The van der Waals surface area contributed by atoms with Crippen LogP contribution >= 0.6 is 0 Å². The number of morpholine rings is 1. The second kappa shape index (κ2) is 8.50. The van der Waals surface area contributed by atoms with Gasteiger partial charge in [0.25, 0.3) is 5.91 Å². The van der Waals surface area contributed by atoms with Crippen molar-refractivity contribution in [1.29, 1.82) is 0 Å². The van der Waals surface area contributed by atoms with Gasteiger partial charge in [-0.05, 0) is 38.1 Å². The van der Waals surface area contributed by atoms with Crippen LogP contribution in [0.2, 0.25) is 0 Å². The quantitative estimate of drug-likeness (QED) is 0.711. The van der Waals surface area contributed by atoms with E-state index in [0.717, 1.165) is 0 Å². The van der Waals surface area contributed by atoms with E-state index in [1.165, 1.54) is 0 Å². The van der Waals surface area contributed by atoms with Gasteiger partial charge in [-0.1, -0.05) is 0 Å². The molecule has 0 aromatic heterocycles. The average Bonchev–Trinajstić information content (AvgIpc) is 2.55. The Morgan fingerprint density at radius 3 is 2.74 bits per heavy atom. The van der Waals surface area contributed by atoms with Crippen molar-refractivity contribution >= 4 is 17.5 Å². The van der Waals surface area contributed by atoms with Crippen LogP contribution < -0.4 is 20.7 Å². The number of nitrogens with one attached hydrogen (secondary N) is 3. The molecule has 126 valence electrons. The summed E-state index contributed by atoms with van der Waals surface area (Å²) in [6, 6.07) is 6.53. The third-order valence-electron chi connectivity index (χ3n) is 3.46. The second-order valence-electron chi connectivity index (χ2n) is 5.26. The number of rotatable bonds is 6. The molecule has 0 radical (unpaired) electrons. The van der Waals surface area contributed by atoms with Crippen molar-refractivity contribution in [3.63, 3.8) is 0 Å². The summed E-state index contributed by atoms with van der Waals surface area (Å²) in [6.45, 7) is 5.54. The number of hydrogen-bond acceptors (Lipinski definition) is 5. The van der Waals surface area contributed by atoms with E-state index in [4.69, 9.17) is 9.47 Å². The molecule has 23 heavy (non-hydrogen) atoms. The van der Waals surface area contributed by atoms with Crippen LogP contribution in [0, 0.1) is 0 Å². The number of ether oxygens (including phenoxy) is 2. The maximum absolute atomic E-state index is 12.2. The highest BCUT2D eigenvalue weighted by Gasteiger charge is 2.28. The fourth-order valence-electron chi connectivity index (χ4n) is 2.28. The zero-order valence-electron chi connectivity index (χ0n) is 13.4. The maximum Gasteiger partial charge on any atom is 0.257 e. The van der Waals surface area contributed by atoms with Gasteiger partial charge < -0.3 is 25.4 Å². The molecule has 0 aliphatic carbocycles. The zero-order valence-corrected chi connectivity index (χ0v) is 13.4. The summed E-state index contributed by atoms with van der Waals surface area (Å²) in [6.07, 6.45) is -0.163. The Morgan fingerprint density at radius 1 is 1.35 bits per heavy atom. The highest BCUT2D eigenvalue weighted by molar-refractivity contribution is 5.95. The molecule has 1 heterocycles. The lowest BCUT2D eigenvalue weighted by atomic mass is 10.1. The molecule has 1 aromatic carbocycles. The Hall–Kier alpha value is -2.12. The third kappa shape index (κ3) is 5.22. The molecule has 0 bridgehead atoms. The van der Waals surface area contributed by atoms with Crippen LogP contribution in [0.1, 0.15) is 13.8 Å². The summed E-state index contributed by atoms with van der Waals surface area (Å²) in [5, 5.41) is 8.63. The second-order valence-corrected chi connectivity index (χ2v) is 5.26. The molecule has 1 aliphatic heterocycles. The highest BCUT2D eigenvalue weighted by atomic mass is 16.5. The van der Waals surface area contributed by atoms with Gasteiger partial charge >= 0.3 is 0 Å². The summed E-state index contributed by atoms with van der Waals surface area (Å²) in [4.78, 5) is 23.5. The van der Waals surface area contributed by atoms with E-state index in [1.54, 1.807) is 24.3 Å². The van der Waals surface area contributed by atoms with E-state index in [1.807, 2.05) is 13.8 Å². The number of anilines is 1. The fourth-order valence-corrected chi connectivity index (χ4v) is 2.28. The molecule has 1 fully saturated rings. The highest BCUT2D eigenvalue weighted by Crippen LogP contribution is 2.16. The van der Waals surface area contributed by atoms with E-state index in [-0.39, 0.29) is 30.6 Å². The number of likely N-dealkylation sites (N-methyl/N-ethyl adjacent to an activating group) is 1. The largest absolute Gasteiger partial charge is 0.484 e. The monoisotopic (exact) mass is 321 g/mol. The zero-order chi connectivity index (χ0) is 16.7. The van der Waals surface area contributed by atoms with E-state index >= 15 is 0 Å². The first-order valence-electron chi connectivity index (χ1n) is 7.75. The molecular formula is C16H23N3O4. The van der Waals surface area contributed by atoms with Crippen LogP contribution in [0.3, 0.4) is 0 Å². The molecule has 7 nitrogen and oxygen atoms in total. The fraction of sp³-hybridized carbons (Fsp3) is 0.500. The van der Waals surface area contributed by atoms with Gasteiger partial charge in [0.1, 0.15) is 11.8 Å². The number of carbonyl (C=O) groups is 2. The first-order chi connectivity index (χ1) is 11.1. The van der Waals surface area contributed by atoms with Crippen LogP contribution in [0.25, 0.3) is 0 Å². The minimum Gasteiger partial charge on any atom is -0.484 e. The van der Waals surface area contributed by atoms with Crippen molar-refractivity contribution in [3.05, 3.63) is 24.3 Å². The smallest absolute Gasteiger partial charge is 0.257 e. The van der Waals surface area contributed by atoms with Gasteiger partial charge in [-0.25, -0.2) is 0 Å². The summed E-state index contributed by atoms with van der Waals surface area (Å²) in [5.74, 6) is 0.275. The molecule has 3 N–H and O–H groups in total. The first kappa shape index (κ1) is 17.2. The van der Waals surface area contributed by atoms with Gasteiger partial charge in [-0.15, -0.1) is 0 Å². The molecule has 2 atom stereocenters. The van der Waals surface area contributed by atoms with Crippen LogP contribution in [0.15, 0.2) is 24.3 Å². The van der Waals surface area contributed by atoms with Crippen LogP contribution in [-0.4, -0.2) is 50.3 Å². The van der Waals surface area contributed by atoms with E-state index in [9.17, 15) is 9.59 Å². The summed E-state index contributed by atoms with van der Waals surface area (Å²) in [5.41, 5.74) is 0.667. The molecule has 1 aliphatic rings. The van der Waals surface area contributed by atoms with Gasteiger partial charge in [-0.2, -0.15) is 0 Å². The molecule has 0 unspecified atom stereocenters. The lowest BCUT2D eigenvalue weighted by Crippen LogP contribution is -2.53. The Bertz CT molecular complexity index is 533. The predicted octanol–water partition coefficient (Wildman–Crippen LogP) is 0.517. The van der Waals surface area contributed by atoms with E-state index < -0.39 is 0 Å². The van der Waals surface area contributed by atoms with Gasteiger partial charge in [-0.3, -0.25) is 9.59 Å². The molecule has 2 rings (SSSR count). The summed E-state index contributed by atoms with van der Waals surface area (Å²) in [7, 11) is 0. The van der Waals surface area contributed by atoms with E-state index in [0.29, 0.717) is 31.1 Å². The Kier molecular flexibility index (Phi) is 6.37. The Labute approximate surface area is 135 Å². The minimum absolute atomic E-state index is 0.0274. The summed E-state index contributed by atoms with van der Waals surface area (Å²) < 4.78 is 10.8. The Morgan fingerprint density at radius 2 is 2.09 bits per heavy atom. The first-order valence-corrected chi connectivity index (χ1v) is 7.75. The number of amides is 2. The van der Waals surface area contributed by atoms with Gasteiger partial charge in [0.15, 0.2) is 6.61 Å².